The standard InChI is InChI=1S/C25H33N5O2.HI/c1-4-31-23-12-11-20(17-24(23)32-5-2)13-15-27-25(26-3)28-16-14-21-18-29-30(19-21)22-9-7-6-8-10-22;/h6-12,17-19H,4-5,13-16H2,1-3H3,(H2,26,27,28);1H. The monoisotopic (exact) mass is 563 g/mol. The van der Waals surface area contributed by atoms with Crippen LogP contribution >= 0.6 is 24.0 Å². The van der Waals surface area contributed by atoms with Gasteiger partial charge < -0.3 is 20.1 Å². The molecule has 33 heavy (non-hydrogen) atoms. The van der Waals surface area contributed by atoms with E-state index in [9.17, 15) is 0 Å². The molecule has 3 rings (SSSR count). The third-order valence-electron chi connectivity index (χ3n) is 4.90. The number of nitrogens with one attached hydrogen (secondary N) is 2. The molecule has 3 aromatic rings. The fourth-order valence-corrected chi connectivity index (χ4v) is 3.33. The molecule has 1 heterocycles. The number of rotatable bonds is 11. The van der Waals surface area contributed by atoms with Crippen molar-refractivity contribution in [1.29, 1.82) is 0 Å². The largest absolute Gasteiger partial charge is 0.490 e. The highest BCUT2D eigenvalue weighted by molar-refractivity contribution is 14.0. The molecule has 178 valence electrons. The van der Waals surface area contributed by atoms with Crippen LogP contribution in [0.3, 0.4) is 0 Å². The molecule has 0 aliphatic carbocycles. The van der Waals surface area contributed by atoms with Crippen molar-refractivity contribution in [2.45, 2.75) is 26.7 Å². The lowest BCUT2D eigenvalue weighted by molar-refractivity contribution is 0.287. The Hall–Kier alpha value is -2.75. The summed E-state index contributed by atoms with van der Waals surface area (Å²) in [5.74, 6) is 2.38. The second-order valence-electron chi connectivity index (χ2n) is 7.20. The van der Waals surface area contributed by atoms with E-state index < -0.39 is 0 Å². The van der Waals surface area contributed by atoms with Crippen LogP contribution < -0.4 is 20.1 Å². The van der Waals surface area contributed by atoms with E-state index >= 15 is 0 Å². The zero-order chi connectivity index (χ0) is 22.6. The molecule has 0 aliphatic rings. The summed E-state index contributed by atoms with van der Waals surface area (Å²) in [6, 6.07) is 16.2. The summed E-state index contributed by atoms with van der Waals surface area (Å²) in [4.78, 5) is 4.32. The van der Waals surface area contributed by atoms with Gasteiger partial charge in [-0.1, -0.05) is 24.3 Å². The minimum atomic E-state index is 0. The molecule has 8 heteroatoms. The van der Waals surface area contributed by atoms with Gasteiger partial charge in [0.15, 0.2) is 17.5 Å². The van der Waals surface area contributed by atoms with E-state index in [2.05, 4.69) is 39.1 Å². The normalized spacial score (nSPS) is 10.9. The van der Waals surface area contributed by atoms with E-state index in [0.29, 0.717) is 13.2 Å². The van der Waals surface area contributed by atoms with Crippen LogP contribution in [-0.2, 0) is 12.8 Å². The van der Waals surface area contributed by atoms with Crippen molar-refractivity contribution in [3.63, 3.8) is 0 Å². The maximum Gasteiger partial charge on any atom is 0.190 e. The molecule has 1 aromatic heterocycles. The van der Waals surface area contributed by atoms with Crippen LogP contribution in [0.5, 0.6) is 11.5 Å². The van der Waals surface area contributed by atoms with E-state index in [1.54, 1.807) is 7.05 Å². The number of hydrogen-bond acceptors (Lipinski definition) is 4. The summed E-state index contributed by atoms with van der Waals surface area (Å²) in [5, 5.41) is 11.2. The highest BCUT2D eigenvalue weighted by atomic mass is 127. The second kappa shape index (κ2) is 14.4. The lowest BCUT2D eigenvalue weighted by Gasteiger charge is -2.14. The van der Waals surface area contributed by atoms with Crippen LogP contribution in [0.25, 0.3) is 5.69 Å². The Bertz CT molecular complexity index is 991. The summed E-state index contributed by atoms with van der Waals surface area (Å²) in [7, 11) is 1.78. The van der Waals surface area contributed by atoms with Gasteiger partial charge >= 0.3 is 0 Å². The molecule has 0 fully saturated rings. The maximum absolute atomic E-state index is 5.72. The van der Waals surface area contributed by atoms with Crippen molar-refractivity contribution in [2.24, 2.45) is 4.99 Å². The van der Waals surface area contributed by atoms with E-state index in [0.717, 1.165) is 49.1 Å². The number of aliphatic imine (C=N–C) groups is 1. The third kappa shape index (κ3) is 8.27. The number of benzene rings is 2. The van der Waals surface area contributed by atoms with Crippen molar-refractivity contribution < 1.29 is 9.47 Å². The van der Waals surface area contributed by atoms with Crippen molar-refractivity contribution in [2.75, 3.05) is 33.4 Å². The van der Waals surface area contributed by atoms with Crippen LogP contribution in [-0.4, -0.2) is 49.1 Å². The quantitative estimate of drug-likeness (QED) is 0.208. The average Bonchev–Trinajstić information content (AvgIpc) is 3.29. The number of hydrogen-bond donors (Lipinski definition) is 2. The minimum Gasteiger partial charge on any atom is -0.490 e. The molecule has 2 N–H and O–H groups in total. The number of nitrogens with zero attached hydrogens (tertiary/aromatic N) is 3. The summed E-state index contributed by atoms with van der Waals surface area (Å²) in [6.45, 7) is 6.73. The van der Waals surface area contributed by atoms with E-state index in [1.165, 1.54) is 11.1 Å². The molecular weight excluding hydrogens is 529 g/mol. The molecule has 0 spiro atoms. The van der Waals surface area contributed by atoms with Crippen molar-refractivity contribution in [3.8, 4) is 17.2 Å². The fourth-order valence-electron chi connectivity index (χ4n) is 3.33. The number of halogens is 1. The molecule has 0 aliphatic heterocycles. The summed E-state index contributed by atoms with van der Waals surface area (Å²) < 4.78 is 13.3. The van der Waals surface area contributed by atoms with Crippen LogP contribution in [0.15, 0.2) is 65.9 Å². The van der Waals surface area contributed by atoms with Gasteiger partial charge in [-0.25, -0.2) is 4.68 Å². The lowest BCUT2D eigenvalue weighted by Crippen LogP contribution is -2.39. The van der Waals surface area contributed by atoms with E-state index in [-0.39, 0.29) is 24.0 Å². The van der Waals surface area contributed by atoms with Gasteiger partial charge in [-0.05, 0) is 62.1 Å². The molecule has 0 radical (unpaired) electrons. The SMILES string of the molecule is CCOc1ccc(CCNC(=NC)NCCc2cnn(-c3ccccc3)c2)cc1OCC.I. The highest BCUT2D eigenvalue weighted by Crippen LogP contribution is 2.28. The first kappa shape index (κ1) is 26.5. The van der Waals surface area contributed by atoms with E-state index in [1.807, 2.05) is 61.1 Å². The number of para-hydroxylation sites is 1. The van der Waals surface area contributed by atoms with Gasteiger partial charge in [-0.3, -0.25) is 4.99 Å². The van der Waals surface area contributed by atoms with Crippen molar-refractivity contribution in [3.05, 3.63) is 72.1 Å². The second-order valence-corrected chi connectivity index (χ2v) is 7.20. The Labute approximate surface area is 213 Å². The molecular formula is C25H34IN5O2. The molecule has 7 nitrogen and oxygen atoms in total. The molecule has 0 amide bonds. The van der Waals surface area contributed by atoms with Gasteiger partial charge in [0.1, 0.15) is 0 Å². The van der Waals surface area contributed by atoms with Crippen LogP contribution in [0, 0.1) is 0 Å². The fraction of sp³-hybridized carbons (Fsp3) is 0.360. The van der Waals surface area contributed by atoms with Gasteiger partial charge in [-0.15, -0.1) is 24.0 Å². The Morgan fingerprint density at radius 3 is 2.24 bits per heavy atom. The molecule has 0 atom stereocenters. The van der Waals surface area contributed by atoms with Crippen LogP contribution in [0.2, 0.25) is 0 Å². The average molecular weight is 563 g/mol. The number of aromatic nitrogens is 2. The number of guanidine groups is 1. The third-order valence-corrected chi connectivity index (χ3v) is 4.90. The smallest absolute Gasteiger partial charge is 0.190 e. The van der Waals surface area contributed by atoms with Gasteiger partial charge in [-0.2, -0.15) is 5.10 Å². The highest BCUT2D eigenvalue weighted by Gasteiger charge is 2.07. The van der Waals surface area contributed by atoms with E-state index in [4.69, 9.17) is 9.47 Å². The van der Waals surface area contributed by atoms with Crippen molar-refractivity contribution in [1.82, 2.24) is 20.4 Å². The van der Waals surface area contributed by atoms with Gasteiger partial charge in [0, 0.05) is 26.3 Å². The predicted octanol–water partition coefficient (Wildman–Crippen LogP) is 4.24. The van der Waals surface area contributed by atoms with Gasteiger partial charge in [0.25, 0.3) is 0 Å². The molecule has 0 unspecified atom stereocenters. The topological polar surface area (TPSA) is 72.7 Å². The zero-order valence-corrected chi connectivity index (χ0v) is 21.9. The molecule has 0 saturated carbocycles. The Kier molecular flexibility index (Phi) is 11.6. The molecule has 0 saturated heterocycles. The lowest BCUT2D eigenvalue weighted by atomic mass is 10.1. The molecule has 0 bridgehead atoms. The Morgan fingerprint density at radius 2 is 1.58 bits per heavy atom. The summed E-state index contributed by atoms with van der Waals surface area (Å²) >= 11 is 0. The zero-order valence-electron chi connectivity index (χ0n) is 19.6. The van der Waals surface area contributed by atoms with Gasteiger partial charge in [0.2, 0.25) is 0 Å². The summed E-state index contributed by atoms with van der Waals surface area (Å²) in [6.07, 6.45) is 5.70. The minimum absolute atomic E-state index is 0. The predicted molar refractivity (Wildman–Crippen MR) is 145 cm³/mol. The van der Waals surface area contributed by atoms with Crippen LogP contribution in [0.1, 0.15) is 25.0 Å². The number of ether oxygens (including phenoxy) is 2. The van der Waals surface area contributed by atoms with Crippen molar-refractivity contribution >= 4 is 29.9 Å². The maximum atomic E-state index is 5.72. The first-order valence-corrected chi connectivity index (χ1v) is 11.2. The van der Waals surface area contributed by atoms with Gasteiger partial charge in [0.05, 0.1) is 25.1 Å². The Balaban J connectivity index is 0.00000385. The first-order valence-electron chi connectivity index (χ1n) is 11.2. The summed E-state index contributed by atoms with van der Waals surface area (Å²) in [5.41, 5.74) is 3.42. The Morgan fingerprint density at radius 1 is 0.909 bits per heavy atom. The molecule has 2 aromatic carbocycles. The first-order chi connectivity index (χ1) is 15.7. The van der Waals surface area contributed by atoms with Crippen LogP contribution in [0.4, 0.5) is 0 Å².